The van der Waals surface area contributed by atoms with E-state index in [1.165, 1.54) is 64.2 Å². The number of hydrogen-bond acceptors (Lipinski definition) is 7. The number of ether oxygens (including phenoxy) is 3. The van der Waals surface area contributed by atoms with Crippen molar-refractivity contribution in [3.8, 4) is 0 Å². The van der Waals surface area contributed by atoms with E-state index in [4.69, 9.17) is 24.0 Å². The largest absolute Gasteiger partial charge is 0.469 e. The molecular weight excluding hydrogens is 667 g/mol. The summed E-state index contributed by atoms with van der Waals surface area (Å²) < 4.78 is 31.9. The van der Waals surface area contributed by atoms with Crippen molar-refractivity contribution in [3.63, 3.8) is 0 Å². The molecule has 0 saturated carbocycles. The third-order valence-electron chi connectivity index (χ3n) is 8.47. The van der Waals surface area contributed by atoms with E-state index in [2.05, 4.69) is 67.0 Å². The summed E-state index contributed by atoms with van der Waals surface area (Å²) in [5.41, 5.74) is 0. The van der Waals surface area contributed by atoms with E-state index in [0.29, 0.717) is 25.0 Å². The van der Waals surface area contributed by atoms with Crippen molar-refractivity contribution in [3.05, 3.63) is 60.8 Å². The zero-order valence-electron chi connectivity index (χ0n) is 31.7. The van der Waals surface area contributed by atoms with Gasteiger partial charge < -0.3 is 24.0 Å². The van der Waals surface area contributed by atoms with Gasteiger partial charge in [0, 0.05) is 12.8 Å². The average Bonchev–Trinajstić information content (AvgIpc) is 3.85. The Kier molecular flexibility index (Phi) is 29.7. The minimum atomic E-state index is -4.78. The molecule has 3 atom stereocenters. The van der Waals surface area contributed by atoms with Crippen molar-refractivity contribution in [2.24, 2.45) is 0 Å². The predicted molar refractivity (Wildman–Crippen MR) is 206 cm³/mol. The summed E-state index contributed by atoms with van der Waals surface area (Å²) >= 11 is 0. The minimum Gasteiger partial charge on any atom is -0.462 e. The van der Waals surface area contributed by atoms with Crippen LogP contribution in [0.4, 0.5) is 0 Å². The third-order valence-corrected chi connectivity index (χ3v) is 8.95. The first kappa shape index (κ1) is 46.7. The zero-order valence-corrected chi connectivity index (χ0v) is 32.6. The fourth-order valence-corrected chi connectivity index (χ4v) is 5.80. The molecule has 292 valence electrons. The molecule has 1 aliphatic heterocycles. The van der Waals surface area contributed by atoms with E-state index in [0.717, 1.165) is 51.4 Å². The Bertz CT molecular complexity index is 1080. The molecule has 2 N–H and O–H groups in total. The smallest absolute Gasteiger partial charge is 0.462 e. The molecular formula is C41H69O9P. The molecule has 10 heteroatoms. The first-order valence-corrected chi connectivity index (χ1v) is 21.2. The van der Waals surface area contributed by atoms with Gasteiger partial charge in [0.15, 0.2) is 6.10 Å². The Hall–Kier alpha value is -2.29. The van der Waals surface area contributed by atoms with Crippen molar-refractivity contribution in [1.82, 2.24) is 0 Å². The van der Waals surface area contributed by atoms with Crippen molar-refractivity contribution in [1.29, 1.82) is 0 Å². The van der Waals surface area contributed by atoms with Gasteiger partial charge in [0.2, 0.25) is 0 Å². The highest BCUT2D eigenvalue weighted by Gasteiger charge is 2.35. The molecule has 1 aliphatic rings. The SMILES string of the molecule is CC/C=C\CC1OC1C/C=C\C/C=C\C/C=C\C/C=C\CCC(=O)O[C@H](COC(=O)CCCCCCCCCCCCCCC)COP(=O)(O)O. The summed E-state index contributed by atoms with van der Waals surface area (Å²) in [5.74, 6) is -0.989. The van der Waals surface area contributed by atoms with Crippen LogP contribution in [0, 0.1) is 0 Å². The van der Waals surface area contributed by atoms with Gasteiger partial charge in [0.05, 0.1) is 18.8 Å². The van der Waals surface area contributed by atoms with E-state index in [9.17, 15) is 14.2 Å². The van der Waals surface area contributed by atoms with Gasteiger partial charge in [-0.05, 0) is 51.4 Å². The van der Waals surface area contributed by atoms with Gasteiger partial charge in [0.1, 0.15) is 6.61 Å². The highest BCUT2D eigenvalue weighted by Crippen LogP contribution is 2.36. The predicted octanol–water partition coefficient (Wildman–Crippen LogP) is 10.7. The Labute approximate surface area is 309 Å². The lowest BCUT2D eigenvalue weighted by Crippen LogP contribution is -2.29. The van der Waals surface area contributed by atoms with Gasteiger partial charge in [-0.3, -0.25) is 14.1 Å². The highest BCUT2D eigenvalue weighted by molar-refractivity contribution is 7.46. The Balaban J connectivity index is 2.14. The van der Waals surface area contributed by atoms with Crippen molar-refractivity contribution in [2.45, 2.75) is 173 Å². The van der Waals surface area contributed by atoms with E-state index in [1.54, 1.807) is 0 Å². The first-order valence-electron chi connectivity index (χ1n) is 19.7. The lowest BCUT2D eigenvalue weighted by atomic mass is 10.0. The van der Waals surface area contributed by atoms with Crippen LogP contribution in [0.5, 0.6) is 0 Å². The number of esters is 2. The molecule has 1 fully saturated rings. The summed E-state index contributed by atoms with van der Waals surface area (Å²) in [5, 5.41) is 0. The van der Waals surface area contributed by atoms with Gasteiger partial charge >= 0.3 is 19.8 Å². The second kappa shape index (κ2) is 32.4. The second-order valence-corrected chi connectivity index (χ2v) is 14.5. The summed E-state index contributed by atoms with van der Waals surface area (Å²) in [6.07, 6.45) is 42.8. The second-order valence-electron chi connectivity index (χ2n) is 13.3. The summed E-state index contributed by atoms with van der Waals surface area (Å²) in [6, 6.07) is 0. The van der Waals surface area contributed by atoms with Crippen molar-refractivity contribution in [2.75, 3.05) is 13.2 Å². The molecule has 0 radical (unpaired) electrons. The van der Waals surface area contributed by atoms with Crippen LogP contribution in [-0.2, 0) is 32.9 Å². The summed E-state index contributed by atoms with van der Waals surface area (Å²) in [4.78, 5) is 42.7. The molecule has 0 aromatic heterocycles. The van der Waals surface area contributed by atoms with Gasteiger partial charge in [-0.15, -0.1) is 0 Å². The van der Waals surface area contributed by atoms with Gasteiger partial charge in [0.25, 0.3) is 0 Å². The molecule has 0 aromatic carbocycles. The number of epoxide rings is 1. The van der Waals surface area contributed by atoms with Crippen LogP contribution in [0.3, 0.4) is 0 Å². The standard InChI is InChI=1S/C41H69O9P/c1-3-5-7-8-9-10-11-12-16-19-22-25-29-33-40(42)47-35-37(36-48-51(44,45)46)49-41(43)34-30-26-23-20-17-14-13-15-18-21-24-28-32-39-38(50-39)31-27-6-4-2/h6,14-15,17-18,23-24,26-28,37-39H,3-5,7-13,16,19-22,25,29-36H2,1-2H3,(H2,44,45,46)/b17-14-,18-15-,26-23-,27-6-,28-24-/t37-,38?,39?/m1/s1. The number of rotatable bonds is 34. The highest BCUT2D eigenvalue weighted by atomic mass is 31.2. The molecule has 0 aliphatic carbocycles. The molecule has 2 unspecified atom stereocenters. The number of carbonyl (C=O) groups is 2. The van der Waals surface area contributed by atoms with Crippen LogP contribution >= 0.6 is 7.82 Å². The molecule has 0 spiro atoms. The van der Waals surface area contributed by atoms with Crippen LogP contribution < -0.4 is 0 Å². The molecule has 51 heavy (non-hydrogen) atoms. The van der Waals surface area contributed by atoms with Crippen LogP contribution in [0.1, 0.15) is 155 Å². The molecule has 0 amide bonds. The van der Waals surface area contributed by atoms with Gasteiger partial charge in [-0.25, -0.2) is 4.57 Å². The molecule has 0 aromatic rings. The van der Waals surface area contributed by atoms with E-state index >= 15 is 0 Å². The van der Waals surface area contributed by atoms with E-state index in [1.807, 2.05) is 12.2 Å². The fraction of sp³-hybridized carbons (Fsp3) is 0.707. The zero-order chi connectivity index (χ0) is 37.3. The van der Waals surface area contributed by atoms with E-state index < -0.39 is 32.5 Å². The van der Waals surface area contributed by atoms with Crippen molar-refractivity contribution < 1.29 is 42.7 Å². The van der Waals surface area contributed by atoms with Crippen LogP contribution in [0.15, 0.2) is 60.8 Å². The normalized spacial score (nSPS) is 17.1. The quantitative estimate of drug-likeness (QED) is 0.0218. The average molecular weight is 737 g/mol. The number of hydrogen-bond donors (Lipinski definition) is 2. The van der Waals surface area contributed by atoms with Crippen LogP contribution in [-0.4, -0.2) is 53.3 Å². The Morgan fingerprint density at radius 3 is 1.65 bits per heavy atom. The Morgan fingerprint density at radius 2 is 1.12 bits per heavy atom. The molecule has 1 saturated heterocycles. The van der Waals surface area contributed by atoms with Crippen LogP contribution in [0.2, 0.25) is 0 Å². The molecule has 9 nitrogen and oxygen atoms in total. The van der Waals surface area contributed by atoms with Crippen molar-refractivity contribution >= 4 is 19.8 Å². The first-order chi connectivity index (χ1) is 24.7. The minimum absolute atomic E-state index is 0.0826. The number of unbranched alkanes of at least 4 members (excludes halogenated alkanes) is 12. The number of allylic oxidation sites excluding steroid dienone is 8. The maximum atomic E-state index is 12.4. The monoisotopic (exact) mass is 736 g/mol. The number of carbonyl (C=O) groups excluding carboxylic acids is 2. The molecule has 1 rings (SSSR count). The van der Waals surface area contributed by atoms with Crippen LogP contribution in [0.25, 0.3) is 0 Å². The topological polar surface area (TPSA) is 132 Å². The maximum absolute atomic E-state index is 12.4. The summed E-state index contributed by atoms with van der Waals surface area (Å²) in [6.45, 7) is 3.49. The fourth-order valence-electron chi connectivity index (χ4n) is 5.44. The molecule has 1 heterocycles. The van der Waals surface area contributed by atoms with Gasteiger partial charge in [-0.2, -0.15) is 0 Å². The summed E-state index contributed by atoms with van der Waals surface area (Å²) in [7, 11) is -4.78. The number of phosphoric ester groups is 1. The maximum Gasteiger partial charge on any atom is 0.469 e. The van der Waals surface area contributed by atoms with Gasteiger partial charge in [-0.1, -0.05) is 152 Å². The Morgan fingerprint density at radius 1 is 0.627 bits per heavy atom. The lowest BCUT2D eigenvalue weighted by Gasteiger charge is -2.18. The lowest BCUT2D eigenvalue weighted by molar-refractivity contribution is -0.161. The third kappa shape index (κ3) is 32.1. The molecule has 0 bridgehead atoms. The van der Waals surface area contributed by atoms with E-state index in [-0.39, 0.29) is 19.4 Å². The number of phosphoric acid groups is 1.